The van der Waals surface area contributed by atoms with Gasteiger partial charge in [-0.3, -0.25) is 9.00 Å². The van der Waals surface area contributed by atoms with Crippen LogP contribution in [-0.2, 0) is 15.6 Å². The van der Waals surface area contributed by atoms with Crippen molar-refractivity contribution in [1.29, 1.82) is 0 Å². The van der Waals surface area contributed by atoms with E-state index in [1.165, 1.54) is 13.0 Å². The van der Waals surface area contributed by atoms with E-state index in [2.05, 4.69) is 5.32 Å². The molecule has 2 N–H and O–H groups in total. The van der Waals surface area contributed by atoms with E-state index < -0.39 is 33.4 Å². The lowest BCUT2D eigenvalue weighted by Gasteiger charge is -2.12. The van der Waals surface area contributed by atoms with Gasteiger partial charge in [0.05, 0.1) is 16.4 Å². The van der Waals surface area contributed by atoms with Gasteiger partial charge in [0.1, 0.15) is 11.1 Å². The van der Waals surface area contributed by atoms with Gasteiger partial charge in [-0.05, 0) is 31.5 Å². The van der Waals surface area contributed by atoms with Crippen LogP contribution in [0.5, 0.6) is 0 Å². The molecule has 1 aromatic rings. The Kier molecular flexibility index (Phi) is 5.82. The molecule has 0 aliphatic carbocycles. The molecule has 0 spiro atoms. The Morgan fingerprint density at radius 2 is 2.10 bits per heavy atom. The van der Waals surface area contributed by atoms with Gasteiger partial charge in [0.25, 0.3) is 0 Å². The first-order chi connectivity index (χ1) is 9.38. The first-order valence-corrected chi connectivity index (χ1v) is 7.31. The fourth-order valence-electron chi connectivity index (χ4n) is 1.49. The quantitative estimate of drug-likeness (QED) is 0.835. The van der Waals surface area contributed by atoms with Gasteiger partial charge < -0.3 is 10.4 Å². The molecule has 7 heteroatoms. The van der Waals surface area contributed by atoms with Crippen molar-refractivity contribution in [2.75, 3.05) is 6.54 Å². The number of halogens is 1. The molecule has 5 nitrogen and oxygen atoms in total. The maximum absolute atomic E-state index is 13.3. The van der Waals surface area contributed by atoms with Crippen LogP contribution in [0.2, 0.25) is 0 Å². The third-order valence-corrected chi connectivity index (χ3v) is 4.21. The van der Waals surface area contributed by atoms with Gasteiger partial charge >= 0.3 is 5.97 Å². The summed E-state index contributed by atoms with van der Waals surface area (Å²) in [6.45, 7) is 3.84. The second kappa shape index (κ2) is 7.14. The number of aromatic carboxylic acids is 1. The van der Waals surface area contributed by atoms with E-state index in [1.54, 1.807) is 0 Å². The van der Waals surface area contributed by atoms with Crippen LogP contribution in [0, 0.1) is 5.82 Å². The van der Waals surface area contributed by atoms with Gasteiger partial charge in [0, 0.05) is 11.4 Å². The molecule has 0 heterocycles. The molecule has 0 bridgehead atoms. The van der Waals surface area contributed by atoms with Gasteiger partial charge in [0.15, 0.2) is 0 Å². The monoisotopic (exact) mass is 301 g/mol. The number of carboxylic acid groups (broad SMARTS) is 1. The zero-order valence-electron chi connectivity index (χ0n) is 11.2. The standard InChI is InChI=1S/C13H16FNO4S/c1-3-6-15-12(16)8(2)20(19)9-4-5-11(14)10(7-9)13(17)18/h4-5,7-8H,3,6H2,1-2H3,(H,15,16)(H,17,18). The lowest BCUT2D eigenvalue weighted by Crippen LogP contribution is -2.35. The molecule has 0 radical (unpaired) electrons. The van der Waals surface area contributed by atoms with Crippen molar-refractivity contribution in [3.05, 3.63) is 29.6 Å². The fraction of sp³-hybridized carbons (Fsp3) is 0.385. The molecule has 0 aromatic heterocycles. The maximum atomic E-state index is 13.3. The van der Waals surface area contributed by atoms with Crippen LogP contribution >= 0.6 is 0 Å². The smallest absolute Gasteiger partial charge is 0.338 e. The molecule has 110 valence electrons. The van der Waals surface area contributed by atoms with Crippen molar-refractivity contribution in [3.8, 4) is 0 Å². The highest BCUT2D eigenvalue weighted by Gasteiger charge is 2.22. The van der Waals surface area contributed by atoms with Crippen molar-refractivity contribution in [2.45, 2.75) is 30.4 Å². The maximum Gasteiger partial charge on any atom is 0.338 e. The number of amides is 1. The van der Waals surface area contributed by atoms with Crippen LogP contribution in [0.25, 0.3) is 0 Å². The summed E-state index contributed by atoms with van der Waals surface area (Å²) in [6.07, 6.45) is 0.755. The second-order valence-corrected chi connectivity index (χ2v) is 5.95. The summed E-state index contributed by atoms with van der Waals surface area (Å²) >= 11 is 0. The predicted octanol–water partition coefficient (Wildman–Crippen LogP) is 1.55. The van der Waals surface area contributed by atoms with Gasteiger partial charge in [-0.15, -0.1) is 0 Å². The van der Waals surface area contributed by atoms with E-state index in [0.717, 1.165) is 18.6 Å². The third-order valence-electron chi connectivity index (χ3n) is 2.64. The average Bonchev–Trinajstić information content (AvgIpc) is 2.43. The lowest BCUT2D eigenvalue weighted by molar-refractivity contribution is -0.120. The van der Waals surface area contributed by atoms with Crippen molar-refractivity contribution >= 4 is 22.7 Å². The van der Waals surface area contributed by atoms with Crippen LogP contribution < -0.4 is 5.32 Å². The minimum atomic E-state index is -1.74. The lowest BCUT2D eigenvalue weighted by atomic mass is 10.2. The third kappa shape index (κ3) is 3.86. The van der Waals surface area contributed by atoms with Gasteiger partial charge in [-0.2, -0.15) is 0 Å². The van der Waals surface area contributed by atoms with E-state index >= 15 is 0 Å². The number of hydrogen-bond donors (Lipinski definition) is 2. The van der Waals surface area contributed by atoms with Crippen LogP contribution in [-0.4, -0.2) is 33.0 Å². The van der Waals surface area contributed by atoms with Gasteiger partial charge in [0.2, 0.25) is 5.91 Å². The largest absolute Gasteiger partial charge is 0.478 e. The zero-order valence-corrected chi connectivity index (χ0v) is 12.0. The first-order valence-electron chi connectivity index (χ1n) is 6.09. The summed E-state index contributed by atoms with van der Waals surface area (Å²) in [5.41, 5.74) is -0.558. The molecule has 0 fully saturated rings. The molecule has 0 saturated carbocycles. The number of benzene rings is 1. The Morgan fingerprint density at radius 1 is 1.45 bits per heavy atom. The SMILES string of the molecule is CCCNC(=O)C(C)S(=O)c1ccc(F)c(C(=O)O)c1. The van der Waals surface area contributed by atoms with Crippen molar-refractivity contribution in [1.82, 2.24) is 5.32 Å². The minimum Gasteiger partial charge on any atom is -0.478 e. The van der Waals surface area contributed by atoms with E-state index in [4.69, 9.17) is 5.11 Å². The summed E-state index contributed by atoms with van der Waals surface area (Å²) in [4.78, 5) is 22.6. The van der Waals surface area contributed by atoms with Crippen LogP contribution in [0.3, 0.4) is 0 Å². The van der Waals surface area contributed by atoms with Crippen LogP contribution in [0.15, 0.2) is 23.1 Å². The number of rotatable bonds is 6. The Hall–Kier alpha value is -1.76. The molecule has 0 aliphatic heterocycles. The molecule has 1 amide bonds. The Balaban J connectivity index is 2.94. The topological polar surface area (TPSA) is 83.5 Å². The molecule has 2 unspecified atom stereocenters. The molecular formula is C13H16FNO4S. The Bertz CT molecular complexity index is 547. The van der Waals surface area contributed by atoms with Crippen LogP contribution in [0.4, 0.5) is 4.39 Å². The fourth-order valence-corrected chi connectivity index (χ4v) is 2.61. The number of nitrogens with one attached hydrogen (secondary N) is 1. The Labute approximate surface area is 118 Å². The van der Waals surface area contributed by atoms with Gasteiger partial charge in [-0.1, -0.05) is 6.92 Å². The highest BCUT2D eigenvalue weighted by molar-refractivity contribution is 7.86. The zero-order chi connectivity index (χ0) is 15.3. The van der Waals surface area contributed by atoms with Gasteiger partial charge in [-0.25, -0.2) is 9.18 Å². The van der Waals surface area contributed by atoms with Crippen LogP contribution in [0.1, 0.15) is 30.6 Å². The van der Waals surface area contributed by atoms with E-state index in [-0.39, 0.29) is 10.8 Å². The number of carbonyl (C=O) groups is 2. The Morgan fingerprint density at radius 3 is 2.65 bits per heavy atom. The summed E-state index contributed by atoms with van der Waals surface area (Å²) in [7, 11) is -1.74. The number of carboxylic acids is 1. The average molecular weight is 301 g/mol. The van der Waals surface area contributed by atoms with Crippen molar-refractivity contribution in [3.63, 3.8) is 0 Å². The predicted molar refractivity (Wildman–Crippen MR) is 72.5 cm³/mol. The molecule has 20 heavy (non-hydrogen) atoms. The molecule has 1 rings (SSSR count). The van der Waals surface area contributed by atoms with E-state index in [1.807, 2.05) is 6.92 Å². The van der Waals surface area contributed by atoms with Crippen molar-refractivity contribution in [2.24, 2.45) is 0 Å². The second-order valence-electron chi connectivity index (χ2n) is 4.18. The van der Waals surface area contributed by atoms with E-state index in [9.17, 15) is 18.2 Å². The molecular weight excluding hydrogens is 285 g/mol. The highest BCUT2D eigenvalue weighted by Crippen LogP contribution is 2.16. The summed E-state index contributed by atoms with van der Waals surface area (Å²) in [6, 6.07) is 3.16. The molecule has 1 aromatic carbocycles. The number of carbonyl (C=O) groups excluding carboxylic acids is 1. The summed E-state index contributed by atoms with van der Waals surface area (Å²) in [5.74, 6) is -2.72. The molecule has 0 saturated heterocycles. The normalized spacial score (nSPS) is 13.6. The summed E-state index contributed by atoms with van der Waals surface area (Å²) < 4.78 is 25.4. The summed E-state index contributed by atoms with van der Waals surface area (Å²) in [5, 5.41) is 10.6. The number of hydrogen-bond acceptors (Lipinski definition) is 3. The molecule has 2 atom stereocenters. The van der Waals surface area contributed by atoms with Crippen molar-refractivity contribution < 1.29 is 23.3 Å². The minimum absolute atomic E-state index is 0.114. The highest BCUT2D eigenvalue weighted by atomic mass is 32.2. The first kappa shape index (κ1) is 16.3. The molecule has 0 aliphatic rings. The van der Waals surface area contributed by atoms with E-state index in [0.29, 0.717) is 6.54 Å².